The van der Waals surface area contributed by atoms with Gasteiger partial charge in [-0.1, -0.05) is 43.5 Å². The molecule has 1 unspecified atom stereocenters. The third-order valence-corrected chi connectivity index (χ3v) is 6.30. The van der Waals surface area contributed by atoms with Crippen molar-refractivity contribution in [3.63, 3.8) is 0 Å². The van der Waals surface area contributed by atoms with Crippen LogP contribution in [0.5, 0.6) is 0 Å². The zero-order valence-corrected chi connectivity index (χ0v) is 19.8. The van der Waals surface area contributed by atoms with Crippen LogP contribution in [0.3, 0.4) is 0 Å². The van der Waals surface area contributed by atoms with Gasteiger partial charge in [-0.15, -0.1) is 0 Å². The Labute approximate surface area is 193 Å². The van der Waals surface area contributed by atoms with Crippen molar-refractivity contribution in [1.29, 1.82) is 0 Å². The Morgan fingerprint density at radius 3 is 2.61 bits per heavy atom. The van der Waals surface area contributed by atoms with Crippen molar-refractivity contribution in [2.24, 2.45) is 5.92 Å². The SMILES string of the molecule is CCCc1nn(-c2ccc(Cl)c(Cl)c2)c(CC)c1C(=O)N1CCCC(C(=O)OCC)C1. The first-order valence-electron chi connectivity index (χ1n) is 10.9. The number of nitrogens with zero attached hydrogens (tertiary/aromatic N) is 3. The molecular formula is C23H29Cl2N3O3. The summed E-state index contributed by atoms with van der Waals surface area (Å²) in [7, 11) is 0. The van der Waals surface area contributed by atoms with E-state index in [4.69, 9.17) is 33.0 Å². The fourth-order valence-corrected chi connectivity index (χ4v) is 4.38. The molecule has 6 nitrogen and oxygen atoms in total. The van der Waals surface area contributed by atoms with Gasteiger partial charge in [0, 0.05) is 13.1 Å². The Kier molecular flexibility index (Phi) is 8.00. The number of likely N-dealkylation sites (tertiary alicyclic amines) is 1. The number of hydrogen-bond acceptors (Lipinski definition) is 4. The topological polar surface area (TPSA) is 64.4 Å². The van der Waals surface area contributed by atoms with Gasteiger partial charge < -0.3 is 9.64 Å². The average Bonchev–Trinajstić information content (AvgIpc) is 3.14. The number of aromatic nitrogens is 2. The highest BCUT2D eigenvalue weighted by Gasteiger charge is 2.33. The molecule has 31 heavy (non-hydrogen) atoms. The molecule has 1 amide bonds. The van der Waals surface area contributed by atoms with Crippen LogP contribution >= 0.6 is 23.2 Å². The van der Waals surface area contributed by atoms with Crippen LogP contribution in [-0.2, 0) is 22.4 Å². The van der Waals surface area contributed by atoms with Gasteiger partial charge in [0.15, 0.2) is 0 Å². The Bertz CT molecular complexity index is 958. The molecule has 0 bridgehead atoms. The van der Waals surface area contributed by atoms with E-state index >= 15 is 0 Å². The van der Waals surface area contributed by atoms with Crippen LogP contribution in [-0.4, -0.2) is 46.3 Å². The van der Waals surface area contributed by atoms with E-state index in [1.54, 1.807) is 28.6 Å². The van der Waals surface area contributed by atoms with Crippen LogP contribution in [0.15, 0.2) is 18.2 Å². The minimum atomic E-state index is -0.275. The lowest BCUT2D eigenvalue weighted by Crippen LogP contribution is -2.43. The van der Waals surface area contributed by atoms with E-state index in [2.05, 4.69) is 6.92 Å². The smallest absolute Gasteiger partial charge is 0.310 e. The highest BCUT2D eigenvalue weighted by atomic mass is 35.5. The molecule has 8 heteroatoms. The van der Waals surface area contributed by atoms with E-state index in [0.29, 0.717) is 48.1 Å². The third kappa shape index (κ3) is 5.07. The van der Waals surface area contributed by atoms with Gasteiger partial charge in [-0.3, -0.25) is 9.59 Å². The first-order valence-corrected chi connectivity index (χ1v) is 11.7. The second-order valence-electron chi connectivity index (χ2n) is 7.72. The molecule has 1 aromatic heterocycles. The van der Waals surface area contributed by atoms with E-state index in [9.17, 15) is 9.59 Å². The molecule has 1 fully saturated rings. The number of hydrogen-bond donors (Lipinski definition) is 0. The molecule has 1 aliphatic heterocycles. The molecule has 2 heterocycles. The van der Waals surface area contributed by atoms with Crippen molar-refractivity contribution in [2.75, 3.05) is 19.7 Å². The minimum absolute atomic E-state index is 0.0689. The van der Waals surface area contributed by atoms with Crippen molar-refractivity contribution in [3.05, 3.63) is 45.2 Å². The second kappa shape index (κ2) is 10.5. The van der Waals surface area contributed by atoms with Gasteiger partial charge in [0.05, 0.1) is 45.2 Å². The van der Waals surface area contributed by atoms with Crippen LogP contribution in [0.4, 0.5) is 0 Å². The molecule has 1 aliphatic rings. The molecule has 0 spiro atoms. The van der Waals surface area contributed by atoms with E-state index in [0.717, 1.165) is 36.3 Å². The molecule has 1 saturated heterocycles. The standard InChI is InChI=1S/C23H29Cl2N3O3/c1-4-8-19-21(22(29)27-12-7-9-15(14-27)23(30)31-6-3)20(5-2)28(26-19)16-10-11-17(24)18(25)13-16/h10-11,13,15H,4-9,12,14H2,1-3H3. The number of ether oxygens (including phenoxy) is 1. The molecule has 0 aliphatic carbocycles. The molecule has 1 atom stereocenters. The Morgan fingerprint density at radius 2 is 1.97 bits per heavy atom. The van der Waals surface area contributed by atoms with Gasteiger partial charge in [0.25, 0.3) is 5.91 Å². The lowest BCUT2D eigenvalue weighted by atomic mass is 9.96. The zero-order valence-electron chi connectivity index (χ0n) is 18.3. The number of esters is 1. The maximum atomic E-state index is 13.6. The quantitative estimate of drug-likeness (QED) is 0.532. The molecule has 2 aromatic rings. The van der Waals surface area contributed by atoms with Crippen molar-refractivity contribution >= 4 is 35.1 Å². The number of carbonyl (C=O) groups excluding carboxylic acids is 2. The van der Waals surface area contributed by atoms with Crippen molar-refractivity contribution < 1.29 is 14.3 Å². The summed E-state index contributed by atoms with van der Waals surface area (Å²) < 4.78 is 6.99. The Hall–Kier alpha value is -2.05. The molecule has 0 radical (unpaired) electrons. The van der Waals surface area contributed by atoms with E-state index < -0.39 is 0 Å². The highest BCUT2D eigenvalue weighted by molar-refractivity contribution is 6.42. The third-order valence-electron chi connectivity index (χ3n) is 5.57. The van der Waals surface area contributed by atoms with Gasteiger partial charge in [0.2, 0.25) is 0 Å². The predicted molar refractivity (Wildman–Crippen MR) is 122 cm³/mol. The number of halogens is 2. The average molecular weight is 466 g/mol. The van der Waals surface area contributed by atoms with Gasteiger partial charge >= 0.3 is 5.97 Å². The molecule has 0 N–H and O–H groups in total. The van der Waals surface area contributed by atoms with Gasteiger partial charge in [-0.05, 0) is 50.8 Å². The summed E-state index contributed by atoms with van der Waals surface area (Å²) in [6.07, 6.45) is 3.71. The number of benzene rings is 1. The number of aryl methyl sites for hydroxylation is 1. The summed E-state index contributed by atoms with van der Waals surface area (Å²) in [5.41, 5.74) is 3.02. The molecule has 0 saturated carbocycles. The van der Waals surface area contributed by atoms with Crippen LogP contribution in [0.1, 0.15) is 61.8 Å². The molecular weight excluding hydrogens is 437 g/mol. The number of carbonyl (C=O) groups is 2. The van der Waals surface area contributed by atoms with E-state index in [1.807, 2.05) is 13.0 Å². The fraction of sp³-hybridized carbons (Fsp3) is 0.522. The zero-order chi connectivity index (χ0) is 22.5. The lowest BCUT2D eigenvalue weighted by Gasteiger charge is -2.31. The summed E-state index contributed by atoms with van der Waals surface area (Å²) >= 11 is 12.3. The first-order chi connectivity index (χ1) is 14.9. The summed E-state index contributed by atoms with van der Waals surface area (Å²) in [5, 5.41) is 5.70. The van der Waals surface area contributed by atoms with Gasteiger partial charge in [-0.25, -0.2) is 4.68 Å². The second-order valence-corrected chi connectivity index (χ2v) is 8.54. The number of rotatable bonds is 7. The van der Waals surface area contributed by atoms with Crippen LogP contribution in [0.25, 0.3) is 5.69 Å². The summed E-state index contributed by atoms with van der Waals surface area (Å²) in [6, 6.07) is 5.34. The lowest BCUT2D eigenvalue weighted by molar-refractivity contribution is -0.149. The summed E-state index contributed by atoms with van der Waals surface area (Å²) in [6.45, 7) is 7.22. The molecule has 168 valence electrons. The van der Waals surface area contributed by atoms with Crippen LogP contribution in [0, 0.1) is 5.92 Å². The molecule has 1 aromatic carbocycles. The largest absolute Gasteiger partial charge is 0.466 e. The monoisotopic (exact) mass is 465 g/mol. The minimum Gasteiger partial charge on any atom is -0.466 e. The number of amides is 1. The molecule has 3 rings (SSSR count). The highest BCUT2D eigenvalue weighted by Crippen LogP contribution is 2.29. The van der Waals surface area contributed by atoms with Gasteiger partial charge in [-0.2, -0.15) is 5.10 Å². The van der Waals surface area contributed by atoms with E-state index in [1.165, 1.54) is 0 Å². The normalized spacial score (nSPS) is 16.4. The summed E-state index contributed by atoms with van der Waals surface area (Å²) in [5.74, 6) is -0.570. The maximum Gasteiger partial charge on any atom is 0.310 e. The van der Waals surface area contributed by atoms with Crippen LogP contribution < -0.4 is 0 Å². The van der Waals surface area contributed by atoms with Crippen molar-refractivity contribution in [2.45, 2.75) is 52.9 Å². The van der Waals surface area contributed by atoms with Crippen molar-refractivity contribution in [3.8, 4) is 5.69 Å². The van der Waals surface area contributed by atoms with Crippen LogP contribution in [0.2, 0.25) is 10.0 Å². The van der Waals surface area contributed by atoms with E-state index in [-0.39, 0.29) is 17.8 Å². The Balaban J connectivity index is 1.99. The first kappa shape index (κ1) is 23.6. The van der Waals surface area contributed by atoms with Gasteiger partial charge in [0.1, 0.15) is 0 Å². The summed E-state index contributed by atoms with van der Waals surface area (Å²) in [4.78, 5) is 27.7. The number of piperidine rings is 1. The Morgan fingerprint density at radius 1 is 1.19 bits per heavy atom. The maximum absolute atomic E-state index is 13.6. The fourth-order valence-electron chi connectivity index (χ4n) is 4.09. The predicted octanol–water partition coefficient (Wildman–Crippen LogP) is 5.11. The van der Waals surface area contributed by atoms with Crippen molar-refractivity contribution in [1.82, 2.24) is 14.7 Å².